The van der Waals surface area contributed by atoms with Gasteiger partial charge >= 0.3 is 0 Å². The lowest BCUT2D eigenvalue weighted by molar-refractivity contribution is 0.114. The molecule has 1 aliphatic heterocycles. The fourth-order valence-corrected chi connectivity index (χ4v) is 2.19. The molecule has 4 nitrogen and oxygen atoms in total. The molecule has 1 unspecified atom stereocenters. The predicted octanol–water partition coefficient (Wildman–Crippen LogP) is 2.23. The van der Waals surface area contributed by atoms with Crippen LogP contribution in [0.5, 0.6) is 0 Å². The maximum Gasteiger partial charge on any atom is 0.187 e. The van der Waals surface area contributed by atoms with Gasteiger partial charge in [-0.2, -0.15) is 5.10 Å². The zero-order valence-electron chi connectivity index (χ0n) is 11.8. The lowest BCUT2D eigenvalue weighted by Crippen LogP contribution is -2.37. The van der Waals surface area contributed by atoms with Crippen molar-refractivity contribution in [1.82, 2.24) is 10.7 Å². The summed E-state index contributed by atoms with van der Waals surface area (Å²) in [4.78, 5) is 0. The van der Waals surface area contributed by atoms with Crippen LogP contribution in [0.25, 0.3) is 0 Å². The number of nitrogens with zero attached hydrogens (tertiary/aromatic N) is 1. The summed E-state index contributed by atoms with van der Waals surface area (Å²) < 4.78 is 5.51. The van der Waals surface area contributed by atoms with Gasteiger partial charge in [0.05, 0.1) is 12.3 Å². The summed E-state index contributed by atoms with van der Waals surface area (Å²) in [5.41, 5.74) is 5.19. The Kier molecular flexibility index (Phi) is 5.95. The molecule has 1 fully saturated rings. The smallest absolute Gasteiger partial charge is 0.187 e. The summed E-state index contributed by atoms with van der Waals surface area (Å²) in [6, 6.07) is 8.31. The van der Waals surface area contributed by atoms with Crippen molar-refractivity contribution in [3.63, 3.8) is 0 Å². The van der Waals surface area contributed by atoms with Crippen LogP contribution in [0.2, 0.25) is 0 Å². The lowest BCUT2D eigenvalue weighted by atomic mass is 10.1. The second-order valence-electron chi connectivity index (χ2n) is 4.81. The van der Waals surface area contributed by atoms with Crippen LogP contribution < -0.4 is 10.7 Å². The summed E-state index contributed by atoms with van der Waals surface area (Å²) >= 11 is 5.15. The van der Waals surface area contributed by atoms with E-state index in [0.29, 0.717) is 5.11 Å². The van der Waals surface area contributed by atoms with Gasteiger partial charge in [-0.1, -0.05) is 31.2 Å². The fourth-order valence-electron chi connectivity index (χ4n) is 2.06. The van der Waals surface area contributed by atoms with Crippen molar-refractivity contribution in [2.75, 3.05) is 13.2 Å². The van der Waals surface area contributed by atoms with E-state index in [0.717, 1.165) is 38.0 Å². The highest BCUT2D eigenvalue weighted by Crippen LogP contribution is 2.10. The first-order chi connectivity index (χ1) is 9.78. The summed E-state index contributed by atoms with van der Waals surface area (Å²) in [5, 5.41) is 7.76. The van der Waals surface area contributed by atoms with Crippen molar-refractivity contribution >= 4 is 23.5 Å². The molecule has 1 heterocycles. The van der Waals surface area contributed by atoms with E-state index < -0.39 is 0 Å². The first-order valence-electron chi connectivity index (χ1n) is 7.05. The average Bonchev–Trinajstić information content (AvgIpc) is 2.99. The van der Waals surface area contributed by atoms with E-state index in [-0.39, 0.29) is 6.10 Å². The maximum absolute atomic E-state index is 5.51. The summed E-state index contributed by atoms with van der Waals surface area (Å²) in [6.45, 7) is 3.74. The van der Waals surface area contributed by atoms with E-state index in [4.69, 9.17) is 17.0 Å². The Morgan fingerprint density at radius 3 is 2.90 bits per heavy atom. The molecule has 20 heavy (non-hydrogen) atoms. The molecule has 2 rings (SSSR count). The Balaban J connectivity index is 1.69. The highest BCUT2D eigenvalue weighted by atomic mass is 32.1. The minimum atomic E-state index is 0.278. The van der Waals surface area contributed by atoms with Crippen LogP contribution in [-0.2, 0) is 11.2 Å². The number of hydrogen-bond acceptors (Lipinski definition) is 3. The minimum Gasteiger partial charge on any atom is -0.376 e. The van der Waals surface area contributed by atoms with Crippen LogP contribution in [0.15, 0.2) is 29.4 Å². The number of hydrazone groups is 1. The Morgan fingerprint density at radius 2 is 2.25 bits per heavy atom. The molecule has 5 heteroatoms. The minimum absolute atomic E-state index is 0.278. The number of aryl methyl sites for hydroxylation is 1. The van der Waals surface area contributed by atoms with Crippen molar-refractivity contribution in [3.05, 3.63) is 35.4 Å². The highest BCUT2D eigenvalue weighted by molar-refractivity contribution is 7.80. The normalized spacial score (nSPS) is 18.4. The van der Waals surface area contributed by atoms with E-state index in [1.54, 1.807) is 6.21 Å². The molecule has 108 valence electrons. The quantitative estimate of drug-likeness (QED) is 0.496. The van der Waals surface area contributed by atoms with Gasteiger partial charge in [-0.3, -0.25) is 5.43 Å². The second-order valence-corrected chi connectivity index (χ2v) is 5.22. The molecule has 1 aromatic carbocycles. The van der Waals surface area contributed by atoms with E-state index in [9.17, 15) is 0 Å². The largest absolute Gasteiger partial charge is 0.376 e. The summed E-state index contributed by atoms with van der Waals surface area (Å²) in [7, 11) is 0. The molecule has 1 aromatic rings. The number of nitrogens with one attached hydrogen (secondary N) is 2. The summed E-state index contributed by atoms with van der Waals surface area (Å²) in [6.07, 6.45) is 5.33. The highest BCUT2D eigenvalue weighted by Gasteiger charge is 2.14. The third kappa shape index (κ3) is 4.90. The Labute approximate surface area is 125 Å². The van der Waals surface area contributed by atoms with Crippen molar-refractivity contribution in [3.8, 4) is 0 Å². The van der Waals surface area contributed by atoms with E-state index in [1.807, 2.05) is 12.1 Å². The molecule has 0 aromatic heterocycles. The number of benzene rings is 1. The van der Waals surface area contributed by atoms with Crippen LogP contribution in [0, 0.1) is 0 Å². The number of thiocarbonyl (C=S) groups is 1. The Morgan fingerprint density at radius 1 is 1.45 bits per heavy atom. The van der Waals surface area contributed by atoms with E-state index >= 15 is 0 Å². The number of rotatable bonds is 5. The van der Waals surface area contributed by atoms with Crippen molar-refractivity contribution < 1.29 is 4.74 Å². The van der Waals surface area contributed by atoms with Gasteiger partial charge in [0, 0.05) is 13.2 Å². The molecular formula is C15H21N3OS. The summed E-state index contributed by atoms with van der Waals surface area (Å²) in [5.74, 6) is 0. The molecule has 1 aliphatic rings. The third-order valence-corrected chi connectivity index (χ3v) is 3.52. The molecular weight excluding hydrogens is 270 g/mol. The van der Waals surface area contributed by atoms with Gasteiger partial charge in [0.25, 0.3) is 0 Å². The second kappa shape index (κ2) is 7.97. The van der Waals surface area contributed by atoms with Crippen molar-refractivity contribution in [2.45, 2.75) is 32.3 Å². The average molecular weight is 291 g/mol. The topological polar surface area (TPSA) is 45.7 Å². The van der Waals surface area contributed by atoms with Crippen LogP contribution in [0.4, 0.5) is 0 Å². The van der Waals surface area contributed by atoms with Crippen molar-refractivity contribution in [2.24, 2.45) is 5.10 Å². The molecule has 0 spiro atoms. The van der Waals surface area contributed by atoms with Gasteiger partial charge in [0.2, 0.25) is 0 Å². The van der Waals surface area contributed by atoms with Gasteiger partial charge in [-0.25, -0.2) is 0 Å². The van der Waals surface area contributed by atoms with Crippen LogP contribution in [0.3, 0.4) is 0 Å². The number of ether oxygens (including phenoxy) is 1. The zero-order valence-corrected chi connectivity index (χ0v) is 12.6. The van der Waals surface area contributed by atoms with Crippen LogP contribution in [0.1, 0.15) is 30.9 Å². The molecule has 1 atom stereocenters. The maximum atomic E-state index is 5.51. The monoisotopic (exact) mass is 291 g/mol. The number of hydrogen-bond donors (Lipinski definition) is 2. The molecule has 2 N–H and O–H groups in total. The van der Waals surface area contributed by atoms with E-state index in [1.165, 1.54) is 5.56 Å². The van der Waals surface area contributed by atoms with Crippen molar-refractivity contribution in [1.29, 1.82) is 0 Å². The van der Waals surface area contributed by atoms with Gasteiger partial charge in [0.1, 0.15) is 0 Å². The SMILES string of the molecule is CCc1ccc(/C=N/NC(=S)NCC2CCCO2)cc1. The zero-order chi connectivity index (χ0) is 14.2. The van der Waals surface area contributed by atoms with Gasteiger partial charge in [0.15, 0.2) is 5.11 Å². The molecule has 0 radical (unpaired) electrons. The Bertz CT molecular complexity index is 453. The first-order valence-corrected chi connectivity index (χ1v) is 7.46. The molecule has 0 saturated carbocycles. The van der Waals surface area contributed by atoms with Gasteiger partial charge in [-0.05, 0) is 42.6 Å². The molecule has 0 bridgehead atoms. The lowest BCUT2D eigenvalue weighted by Gasteiger charge is -2.11. The third-order valence-electron chi connectivity index (χ3n) is 3.28. The van der Waals surface area contributed by atoms with E-state index in [2.05, 4.69) is 34.9 Å². The van der Waals surface area contributed by atoms with Crippen LogP contribution in [-0.4, -0.2) is 30.6 Å². The Hall–Kier alpha value is -1.46. The van der Waals surface area contributed by atoms with Gasteiger partial charge < -0.3 is 10.1 Å². The molecule has 1 saturated heterocycles. The molecule has 0 amide bonds. The van der Waals surface area contributed by atoms with Gasteiger partial charge in [-0.15, -0.1) is 0 Å². The standard InChI is InChI=1S/C15H21N3OS/c1-2-12-5-7-13(8-6-12)10-17-18-15(20)16-11-14-4-3-9-19-14/h5-8,10,14H,2-4,9,11H2,1H3,(H2,16,18,20)/b17-10+. The first kappa shape index (κ1) is 14.9. The fraction of sp³-hybridized carbons (Fsp3) is 0.467. The molecule has 0 aliphatic carbocycles. The van der Waals surface area contributed by atoms with Crippen LogP contribution >= 0.6 is 12.2 Å². The predicted molar refractivity (Wildman–Crippen MR) is 86.1 cm³/mol.